The van der Waals surface area contributed by atoms with E-state index in [4.69, 9.17) is 4.74 Å². The van der Waals surface area contributed by atoms with Crippen LogP contribution in [0.4, 0.5) is 0 Å². The van der Waals surface area contributed by atoms with Crippen molar-refractivity contribution >= 4 is 0 Å². The third-order valence-corrected chi connectivity index (χ3v) is 9.33. The molecule has 0 amide bonds. The summed E-state index contributed by atoms with van der Waals surface area (Å²) in [6, 6.07) is 0. The van der Waals surface area contributed by atoms with Gasteiger partial charge in [0.2, 0.25) is 0 Å². The van der Waals surface area contributed by atoms with Crippen molar-refractivity contribution < 1.29 is 9.84 Å². The molecule has 0 aromatic heterocycles. The number of rotatable bonds is 0. The number of aliphatic hydroxyl groups excluding tert-OH is 1. The van der Waals surface area contributed by atoms with Crippen molar-refractivity contribution in [2.75, 3.05) is 0 Å². The van der Waals surface area contributed by atoms with Gasteiger partial charge in [-0.05, 0) is 92.8 Å². The van der Waals surface area contributed by atoms with Crippen LogP contribution in [0.5, 0.6) is 0 Å². The van der Waals surface area contributed by atoms with Crippen LogP contribution in [0.2, 0.25) is 0 Å². The average molecular weight is 304 g/mol. The summed E-state index contributed by atoms with van der Waals surface area (Å²) in [5, 5.41) is 10.5. The second-order valence-corrected chi connectivity index (χ2v) is 10.1. The van der Waals surface area contributed by atoms with E-state index in [0.717, 1.165) is 30.1 Å². The molecule has 5 fully saturated rings. The number of ether oxygens (including phenoxy) is 1. The molecule has 4 aliphatic carbocycles. The van der Waals surface area contributed by atoms with Crippen molar-refractivity contribution in [2.45, 2.75) is 89.9 Å². The van der Waals surface area contributed by atoms with Gasteiger partial charge in [0.1, 0.15) is 0 Å². The zero-order chi connectivity index (χ0) is 15.3. The molecule has 9 atom stereocenters. The van der Waals surface area contributed by atoms with Crippen LogP contribution in [-0.4, -0.2) is 22.9 Å². The lowest BCUT2D eigenvalue weighted by Crippen LogP contribution is -2.54. The minimum absolute atomic E-state index is 0.0367. The Bertz CT molecular complexity index is 504. The summed E-state index contributed by atoms with van der Waals surface area (Å²) in [6.07, 6.45) is 10.9. The molecule has 124 valence electrons. The number of aliphatic hydroxyl groups is 1. The molecule has 0 spiro atoms. The van der Waals surface area contributed by atoms with Crippen LogP contribution in [0.15, 0.2) is 0 Å². The highest BCUT2D eigenvalue weighted by Gasteiger charge is 2.67. The van der Waals surface area contributed by atoms with E-state index >= 15 is 0 Å². The van der Waals surface area contributed by atoms with Crippen molar-refractivity contribution in [1.82, 2.24) is 0 Å². The molecular formula is C20H32O2. The smallest absolute Gasteiger partial charge is 0.0923 e. The highest BCUT2D eigenvalue weighted by molar-refractivity contribution is 5.15. The van der Waals surface area contributed by atoms with Gasteiger partial charge in [-0.3, -0.25) is 0 Å². The lowest BCUT2D eigenvalue weighted by molar-refractivity contribution is -0.119. The van der Waals surface area contributed by atoms with Gasteiger partial charge in [-0.25, -0.2) is 0 Å². The lowest BCUT2D eigenvalue weighted by atomic mass is 9.44. The number of epoxide rings is 1. The molecule has 0 bridgehead atoms. The van der Waals surface area contributed by atoms with Gasteiger partial charge < -0.3 is 9.84 Å². The van der Waals surface area contributed by atoms with Crippen molar-refractivity contribution in [3.8, 4) is 0 Å². The Morgan fingerprint density at radius 2 is 1.64 bits per heavy atom. The van der Waals surface area contributed by atoms with Crippen LogP contribution in [0.1, 0.15) is 72.1 Å². The average Bonchev–Trinajstić information content (AvgIpc) is 3.01. The molecule has 1 N–H and O–H groups in total. The first-order valence-corrected chi connectivity index (χ1v) is 9.73. The molecule has 4 saturated carbocycles. The number of hydrogen-bond acceptors (Lipinski definition) is 2. The Morgan fingerprint density at radius 1 is 0.864 bits per heavy atom. The summed E-state index contributed by atoms with van der Waals surface area (Å²) < 4.78 is 6.09. The molecule has 1 heterocycles. The standard InChI is InChI=1S/C20H32O2/c1-18-9-8-15-13(14(18)6-7-16(18)21)5-4-12-10-20(3)17(22-20)11-19(12,15)2/h12-17,21H,4-11H2,1-3H3/t12-,13-,14-,15-,16-,17-,18-,19-,20+/m0/s1. The van der Waals surface area contributed by atoms with Gasteiger partial charge in [0.05, 0.1) is 17.8 Å². The molecule has 1 aliphatic heterocycles. The molecule has 0 aromatic rings. The summed E-state index contributed by atoms with van der Waals surface area (Å²) >= 11 is 0. The van der Waals surface area contributed by atoms with E-state index in [1.54, 1.807) is 0 Å². The first-order valence-electron chi connectivity index (χ1n) is 9.73. The highest BCUT2D eigenvalue weighted by Crippen LogP contribution is 2.69. The van der Waals surface area contributed by atoms with Crippen LogP contribution in [0.3, 0.4) is 0 Å². The van der Waals surface area contributed by atoms with Gasteiger partial charge in [-0.15, -0.1) is 0 Å². The van der Waals surface area contributed by atoms with Crippen molar-refractivity contribution in [3.05, 3.63) is 0 Å². The molecule has 5 rings (SSSR count). The van der Waals surface area contributed by atoms with E-state index in [0.29, 0.717) is 11.5 Å². The second kappa shape index (κ2) is 4.11. The van der Waals surface area contributed by atoms with E-state index in [-0.39, 0.29) is 17.1 Å². The normalized spacial score (nSPS) is 66.0. The fourth-order valence-electron chi connectivity index (χ4n) is 7.78. The predicted molar refractivity (Wildman–Crippen MR) is 86.4 cm³/mol. The van der Waals surface area contributed by atoms with Crippen molar-refractivity contribution in [1.29, 1.82) is 0 Å². The molecule has 5 aliphatic rings. The summed E-state index contributed by atoms with van der Waals surface area (Å²) in [4.78, 5) is 0. The lowest BCUT2D eigenvalue weighted by Gasteiger charge is -2.60. The van der Waals surface area contributed by atoms with Crippen molar-refractivity contribution in [3.63, 3.8) is 0 Å². The molecule has 2 heteroatoms. The van der Waals surface area contributed by atoms with Gasteiger partial charge in [-0.1, -0.05) is 13.8 Å². The van der Waals surface area contributed by atoms with Crippen molar-refractivity contribution in [2.24, 2.45) is 34.5 Å². The summed E-state index contributed by atoms with van der Waals surface area (Å²) in [7, 11) is 0. The number of fused-ring (bicyclic) bond motifs is 6. The molecule has 2 nitrogen and oxygen atoms in total. The largest absolute Gasteiger partial charge is 0.393 e. The third-order valence-electron chi connectivity index (χ3n) is 9.33. The van der Waals surface area contributed by atoms with E-state index in [1.807, 2.05) is 0 Å². The fraction of sp³-hybridized carbons (Fsp3) is 1.00. The second-order valence-electron chi connectivity index (χ2n) is 10.1. The summed E-state index contributed by atoms with van der Waals surface area (Å²) in [5.41, 5.74) is 0.978. The maximum Gasteiger partial charge on any atom is 0.0923 e. The molecular weight excluding hydrogens is 272 g/mol. The molecule has 1 saturated heterocycles. The maximum atomic E-state index is 10.5. The maximum absolute atomic E-state index is 10.5. The minimum Gasteiger partial charge on any atom is -0.393 e. The molecule has 0 aromatic carbocycles. The monoisotopic (exact) mass is 304 g/mol. The molecule has 22 heavy (non-hydrogen) atoms. The Balaban J connectivity index is 1.47. The Morgan fingerprint density at radius 3 is 2.45 bits per heavy atom. The summed E-state index contributed by atoms with van der Waals surface area (Å²) in [6.45, 7) is 7.33. The third kappa shape index (κ3) is 1.59. The first-order chi connectivity index (χ1) is 10.4. The minimum atomic E-state index is -0.0367. The van der Waals surface area contributed by atoms with Gasteiger partial charge >= 0.3 is 0 Å². The number of hydrogen-bond donors (Lipinski definition) is 1. The highest BCUT2D eigenvalue weighted by atomic mass is 16.6. The van der Waals surface area contributed by atoms with Gasteiger partial charge in [-0.2, -0.15) is 0 Å². The van der Waals surface area contributed by atoms with Gasteiger partial charge in [0.15, 0.2) is 0 Å². The zero-order valence-electron chi connectivity index (χ0n) is 14.5. The quantitative estimate of drug-likeness (QED) is 0.682. The summed E-state index contributed by atoms with van der Waals surface area (Å²) in [5.74, 6) is 3.43. The first kappa shape index (κ1) is 14.3. The van der Waals surface area contributed by atoms with E-state index in [1.165, 1.54) is 44.9 Å². The fourth-order valence-corrected chi connectivity index (χ4v) is 7.78. The van der Waals surface area contributed by atoms with E-state index < -0.39 is 0 Å². The van der Waals surface area contributed by atoms with Crippen LogP contribution in [-0.2, 0) is 4.74 Å². The molecule has 0 unspecified atom stereocenters. The SMILES string of the molecule is C[C@]12C[C@@H]3O[C@]3(C)C[C@@H]1CC[C@@H]1[C@@H]2CC[C@]2(C)[C@@H](O)CC[C@@H]12. The Labute approximate surface area is 135 Å². The van der Waals surface area contributed by atoms with Gasteiger partial charge in [0, 0.05) is 0 Å². The predicted octanol–water partition coefficient (Wildman–Crippen LogP) is 4.16. The van der Waals surface area contributed by atoms with Crippen LogP contribution >= 0.6 is 0 Å². The zero-order valence-corrected chi connectivity index (χ0v) is 14.5. The van der Waals surface area contributed by atoms with E-state index in [9.17, 15) is 5.11 Å². The van der Waals surface area contributed by atoms with Crippen LogP contribution < -0.4 is 0 Å². The topological polar surface area (TPSA) is 32.8 Å². The Kier molecular flexibility index (Phi) is 2.67. The van der Waals surface area contributed by atoms with Crippen LogP contribution in [0, 0.1) is 34.5 Å². The molecule has 0 radical (unpaired) electrons. The van der Waals surface area contributed by atoms with Crippen LogP contribution in [0.25, 0.3) is 0 Å². The van der Waals surface area contributed by atoms with Gasteiger partial charge in [0.25, 0.3) is 0 Å². The Hall–Kier alpha value is -0.0800. The van der Waals surface area contributed by atoms with E-state index in [2.05, 4.69) is 20.8 Å².